The average molecular weight is 476 g/mol. The van der Waals surface area contributed by atoms with Gasteiger partial charge in [-0.25, -0.2) is 9.37 Å². The highest BCUT2D eigenvalue weighted by molar-refractivity contribution is 7.13. The van der Waals surface area contributed by atoms with Gasteiger partial charge >= 0.3 is 0 Å². The van der Waals surface area contributed by atoms with Crippen LogP contribution in [0.15, 0.2) is 48.7 Å². The number of likely N-dealkylation sites (tertiary alicyclic amines) is 1. The van der Waals surface area contributed by atoms with E-state index >= 15 is 0 Å². The molecule has 1 amide bonds. The molecule has 172 valence electrons. The lowest BCUT2D eigenvalue weighted by atomic mass is 10.0. The van der Waals surface area contributed by atoms with Crippen molar-refractivity contribution in [3.05, 3.63) is 81.6 Å². The van der Waals surface area contributed by atoms with Gasteiger partial charge in [-0.2, -0.15) is 10.5 Å². The first-order valence-electron chi connectivity index (χ1n) is 10.9. The summed E-state index contributed by atoms with van der Waals surface area (Å²) < 4.78 is 19.8. The number of aromatic nitrogens is 1. The van der Waals surface area contributed by atoms with Crippen molar-refractivity contribution in [2.24, 2.45) is 0 Å². The summed E-state index contributed by atoms with van der Waals surface area (Å²) in [6.07, 6.45) is 2.50. The van der Waals surface area contributed by atoms with Gasteiger partial charge in [0.1, 0.15) is 5.82 Å². The molecule has 2 heterocycles. The summed E-state index contributed by atoms with van der Waals surface area (Å²) in [5.41, 5.74) is 1.68. The van der Waals surface area contributed by atoms with Crippen LogP contribution in [0.1, 0.15) is 51.3 Å². The fourth-order valence-corrected chi connectivity index (χ4v) is 5.04. The van der Waals surface area contributed by atoms with Crippen LogP contribution in [-0.4, -0.2) is 41.5 Å². The summed E-state index contributed by atoms with van der Waals surface area (Å²) >= 11 is 1.47. The Labute approximate surface area is 201 Å². The summed E-state index contributed by atoms with van der Waals surface area (Å²) in [6, 6.07) is 15.0. The van der Waals surface area contributed by atoms with Gasteiger partial charge in [-0.15, -0.1) is 0 Å². The van der Waals surface area contributed by atoms with Crippen LogP contribution in [0, 0.1) is 28.5 Å². The van der Waals surface area contributed by atoms with Crippen molar-refractivity contribution >= 4 is 17.2 Å². The van der Waals surface area contributed by atoms with Gasteiger partial charge in [0.2, 0.25) is 0 Å². The molecule has 1 saturated heterocycles. The Morgan fingerprint density at radius 2 is 2.00 bits per heavy atom. The molecular weight excluding hydrogens is 453 g/mol. The number of rotatable bonds is 7. The van der Waals surface area contributed by atoms with Gasteiger partial charge in [0.25, 0.3) is 11.1 Å². The van der Waals surface area contributed by atoms with Gasteiger partial charge in [0, 0.05) is 30.2 Å². The van der Waals surface area contributed by atoms with E-state index in [1.807, 2.05) is 25.1 Å². The summed E-state index contributed by atoms with van der Waals surface area (Å²) in [4.78, 5) is 20.3. The van der Waals surface area contributed by atoms with Gasteiger partial charge in [-0.05, 0) is 49.2 Å². The maximum absolute atomic E-state index is 14.3. The molecule has 34 heavy (non-hydrogen) atoms. The molecule has 0 saturated carbocycles. The highest BCUT2D eigenvalue weighted by Gasteiger charge is 2.32. The average Bonchev–Trinajstić information content (AvgIpc) is 3.50. The first kappa shape index (κ1) is 23.4. The molecule has 1 N–H and O–H groups in total. The zero-order chi connectivity index (χ0) is 24.1. The highest BCUT2D eigenvalue weighted by Crippen LogP contribution is 2.37. The zero-order valence-corrected chi connectivity index (χ0v) is 19.3. The van der Waals surface area contributed by atoms with E-state index in [-0.39, 0.29) is 23.2 Å². The molecule has 1 aromatic heterocycles. The molecule has 1 unspecified atom stereocenters. The molecule has 0 bridgehead atoms. The van der Waals surface area contributed by atoms with Gasteiger partial charge in [-0.1, -0.05) is 23.5 Å². The molecule has 3 aromatic rings. The lowest BCUT2D eigenvalue weighted by molar-refractivity contribution is 0.0933. The molecule has 1 aliphatic heterocycles. The molecule has 9 heteroatoms. The Hall–Kier alpha value is -3.79. The van der Waals surface area contributed by atoms with Crippen molar-refractivity contribution in [2.45, 2.75) is 25.4 Å². The fourth-order valence-electron chi connectivity index (χ4n) is 4.05. The zero-order valence-electron chi connectivity index (χ0n) is 18.5. The molecular formula is C25H22FN5O2S. The number of ether oxygens (including phenoxy) is 1. The van der Waals surface area contributed by atoms with E-state index in [4.69, 9.17) is 15.3 Å². The molecule has 1 fully saturated rings. The Morgan fingerprint density at radius 1 is 1.26 bits per heavy atom. The number of halogens is 1. The van der Waals surface area contributed by atoms with E-state index in [2.05, 4.69) is 21.3 Å². The largest absolute Gasteiger partial charge is 0.470 e. The molecule has 7 nitrogen and oxygen atoms in total. The number of nitrogens with one attached hydrogen (secondary N) is 1. The maximum Gasteiger partial charge on any atom is 0.273 e. The number of thiazole rings is 1. The summed E-state index contributed by atoms with van der Waals surface area (Å²) in [5.74, 6) is -1.21. The van der Waals surface area contributed by atoms with Crippen LogP contribution in [0.25, 0.3) is 0 Å². The van der Waals surface area contributed by atoms with Crippen molar-refractivity contribution in [1.82, 2.24) is 15.2 Å². The Kier molecular flexibility index (Phi) is 7.17. The maximum atomic E-state index is 14.3. The van der Waals surface area contributed by atoms with Crippen molar-refractivity contribution in [2.75, 3.05) is 19.7 Å². The molecule has 2 atom stereocenters. The first-order chi connectivity index (χ1) is 16.5. The standard InChI is InChI=1S/C25H22FN5O2S/c1-2-33-25-29-14-22(34-25)23(18-6-3-16(12-27)4-7-18)31-10-9-19(15-31)30-24(32)20-8-5-17(13-28)11-21(20)26/h3-8,11,14,19,23H,2,9-10,15H2,1H3,(H,30,32)/t19?,23-/m1/s1. The Bertz CT molecular complexity index is 1260. The Balaban J connectivity index is 1.53. The number of carbonyl (C=O) groups excluding carboxylic acids is 1. The van der Waals surface area contributed by atoms with E-state index < -0.39 is 11.7 Å². The predicted octanol–water partition coefficient (Wildman–Crippen LogP) is 4.02. The number of amides is 1. The van der Waals surface area contributed by atoms with Crippen LogP contribution < -0.4 is 10.1 Å². The van der Waals surface area contributed by atoms with Gasteiger partial charge in [0.05, 0.1) is 41.5 Å². The van der Waals surface area contributed by atoms with Crippen LogP contribution in [0.5, 0.6) is 5.19 Å². The van der Waals surface area contributed by atoms with E-state index in [1.165, 1.54) is 23.5 Å². The minimum atomic E-state index is -0.713. The van der Waals surface area contributed by atoms with Crippen LogP contribution in [-0.2, 0) is 0 Å². The number of nitriles is 2. The molecule has 0 radical (unpaired) electrons. The highest BCUT2D eigenvalue weighted by atomic mass is 32.1. The van der Waals surface area contributed by atoms with E-state index in [0.717, 1.165) is 16.5 Å². The van der Waals surface area contributed by atoms with E-state index in [9.17, 15) is 9.18 Å². The number of benzene rings is 2. The number of nitrogens with zero attached hydrogens (tertiary/aromatic N) is 4. The molecule has 0 spiro atoms. The smallest absolute Gasteiger partial charge is 0.273 e. The topological polar surface area (TPSA) is 102 Å². The third-order valence-electron chi connectivity index (χ3n) is 5.66. The van der Waals surface area contributed by atoms with Crippen molar-refractivity contribution in [3.63, 3.8) is 0 Å². The lowest BCUT2D eigenvalue weighted by Crippen LogP contribution is -2.38. The number of hydrogen-bond donors (Lipinski definition) is 1. The molecule has 2 aromatic carbocycles. The fraction of sp³-hybridized carbons (Fsp3) is 0.280. The minimum Gasteiger partial charge on any atom is -0.470 e. The Morgan fingerprint density at radius 3 is 2.68 bits per heavy atom. The minimum absolute atomic E-state index is 0.0788. The first-order valence-corrected chi connectivity index (χ1v) is 11.7. The van der Waals surface area contributed by atoms with E-state index in [0.29, 0.717) is 36.9 Å². The normalized spacial score (nSPS) is 16.4. The second kappa shape index (κ2) is 10.4. The third-order valence-corrected chi connectivity index (χ3v) is 6.62. The van der Waals surface area contributed by atoms with E-state index in [1.54, 1.807) is 18.3 Å². The van der Waals surface area contributed by atoms with Gasteiger partial charge < -0.3 is 10.1 Å². The molecule has 0 aliphatic carbocycles. The molecule has 1 aliphatic rings. The number of hydrogen-bond acceptors (Lipinski definition) is 7. The summed E-state index contributed by atoms with van der Waals surface area (Å²) in [5, 5.41) is 21.6. The van der Waals surface area contributed by atoms with Crippen LogP contribution >= 0.6 is 11.3 Å². The van der Waals surface area contributed by atoms with Crippen LogP contribution in [0.2, 0.25) is 0 Å². The second-order valence-corrected chi connectivity index (χ2v) is 8.88. The molecule has 4 rings (SSSR count). The van der Waals surface area contributed by atoms with Gasteiger partial charge in [-0.3, -0.25) is 9.69 Å². The van der Waals surface area contributed by atoms with Crippen LogP contribution in [0.4, 0.5) is 4.39 Å². The second-order valence-electron chi connectivity index (χ2n) is 7.86. The predicted molar refractivity (Wildman–Crippen MR) is 125 cm³/mol. The van der Waals surface area contributed by atoms with Gasteiger partial charge in [0.15, 0.2) is 0 Å². The number of carbonyl (C=O) groups is 1. The summed E-state index contributed by atoms with van der Waals surface area (Å²) in [7, 11) is 0. The quantitative estimate of drug-likeness (QED) is 0.554. The SMILES string of the molecule is CCOc1ncc([C@@H](c2ccc(C#N)cc2)N2CCC(NC(=O)c3ccc(C#N)cc3F)C2)s1. The lowest BCUT2D eigenvalue weighted by Gasteiger charge is -2.27. The monoisotopic (exact) mass is 475 g/mol. The van der Waals surface area contributed by atoms with Crippen molar-refractivity contribution in [1.29, 1.82) is 10.5 Å². The summed E-state index contributed by atoms with van der Waals surface area (Å²) in [6.45, 7) is 3.71. The third kappa shape index (κ3) is 5.07. The van der Waals surface area contributed by atoms with Crippen molar-refractivity contribution in [3.8, 4) is 17.3 Å². The van der Waals surface area contributed by atoms with Crippen molar-refractivity contribution < 1.29 is 13.9 Å². The van der Waals surface area contributed by atoms with Crippen LogP contribution in [0.3, 0.4) is 0 Å².